The van der Waals surface area contributed by atoms with Crippen molar-refractivity contribution in [3.8, 4) is 0 Å². The quantitative estimate of drug-likeness (QED) is 0.633. The first-order valence-corrected chi connectivity index (χ1v) is 9.70. The molecule has 1 unspecified atom stereocenters. The van der Waals surface area contributed by atoms with E-state index >= 15 is 0 Å². The van der Waals surface area contributed by atoms with Gasteiger partial charge in [-0.25, -0.2) is 0 Å². The molecule has 5 heteroatoms. The van der Waals surface area contributed by atoms with Crippen LogP contribution in [0.3, 0.4) is 0 Å². The fourth-order valence-electron chi connectivity index (χ4n) is 3.71. The maximum atomic E-state index is 12.5. The summed E-state index contributed by atoms with van der Waals surface area (Å²) in [5.74, 6) is 0.768. The number of hydrazine groups is 1. The van der Waals surface area contributed by atoms with Gasteiger partial charge < -0.3 is 10.8 Å². The number of hydrogen-bond acceptors (Lipinski definition) is 4. The van der Waals surface area contributed by atoms with Gasteiger partial charge >= 0.3 is 0 Å². The number of hydrogen-bond donors (Lipinski definition) is 3. The number of rotatable bonds is 8. The third kappa shape index (κ3) is 5.44. The van der Waals surface area contributed by atoms with Gasteiger partial charge in [0.1, 0.15) is 6.10 Å². The summed E-state index contributed by atoms with van der Waals surface area (Å²) >= 11 is 0. The number of para-hydroxylation sites is 1. The van der Waals surface area contributed by atoms with Gasteiger partial charge in [0.05, 0.1) is 5.69 Å². The Morgan fingerprint density at radius 3 is 2.44 bits per heavy atom. The van der Waals surface area contributed by atoms with Gasteiger partial charge in [0.15, 0.2) is 0 Å². The first kappa shape index (κ1) is 18.2. The monoisotopic (exact) mass is 345 g/mol. The van der Waals surface area contributed by atoms with Gasteiger partial charge in [0.25, 0.3) is 5.91 Å². The average molecular weight is 345 g/mol. The van der Waals surface area contributed by atoms with Crippen LogP contribution < -0.4 is 16.2 Å². The Balaban J connectivity index is 1.55. The van der Waals surface area contributed by atoms with Crippen LogP contribution in [0, 0.1) is 11.8 Å². The first-order valence-electron chi connectivity index (χ1n) is 9.70. The Hall–Kier alpha value is -1.59. The highest BCUT2D eigenvalue weighted by molar-refractivity contribution is 5.82. The summed E-state index contributed by atoms with van der Waals surface area (Å²) in [7, 11) is 0. The molecular formula is C20H31N3O2. The fraction of sp³-hybridized carbons (Fsp3) is 0.650. The molecule has 1 amide bonds. The van der Waals surface area contributed by atoms with Crippen molar-refractivity contribution in [3.05, 3.63) is 30.3 Å². The fourth-order valence-corrected chi connectivity index (χ4v) is 3.71. The molecule has 2 aliphatic rings. The molecule has 0 aromatic heterocycles. The van der Waals surface area contributed by atoms with Gasteiger partial charge in [-0.05, 0) is 43.2 Å². The number of aliphatic hydroxyl groups is 1. The van der Waals surface area contributed by atoms with Crippen molar-refractivity contribution in [1.29, 1.82) is 0 Å². The van der Waals surface area contributed by atoms with Crippen molar-refractivity contribution in [2.24, 2.45) is 17.6 Å². The molecule has 0 spiro atoms. The second kappa shape index (κ2) is 8.68. The van der Waals surface area contributed by atoms with E-state index in [1.54, 1.807) is 0 Å². The topological polar surface area (TPSA) is 78.6 Å². The minimum atomic E-state index is -1.16. The molecule has 2 atom stereocenters. The van der Waals surface area contributed by atoms with Crippen LogP contribution in [-0.4, -0.2) is 29.7 Å². The summed E-state index contributed by atoms with van der Waals surface area (Å²) in [6.45, 7) is 0.778. The van der Waals surface area contributed by atoms with Crippen LogP contribution in [0.2, 0.25) is 0 Å². The third-order valence-electron chi connectivity index (χ3n) is 5.46. The molecular weight excluding hydrogens is 314 g/mol. The molecule has 2 saturated carbocycles. The number of anilines is 1. The third-order valence-corrected chi connectivity index (χ3v) is 5.46. The Bertz CT molecular complexity index is 541. The molecule has 0 radical (unpaired) electrons. The standard InChI is InChI=1S/C20H31N3O2/c21-18(13-15-7-3-1-4-8-15)19(24)20(25)22-23(14-16-11-12-16)17-9-5-2-6-10-17/h2,5-6,9-10,15-16,18-19,24H,1,3-4,7-8,11-14,21H2,(H,22,25)/t18-,19?/m1/s1. The van der Waals surface area contributed by atoms with E-state index in [4.69, 9.17) is 5.73 Å². The van der Waals surface area contributed by atoms with Gasteiger partial charge in [-0.1, -0.05) is 50.3 Å². The van der Waals surface area contributed by atoms with E-state index in [1.807, 2.05) is 35.3 Å². The number of nitrogens with one attached hydrogen (secondary N) is 1. The SMILES string of the molecule is N[C@H](CC1CCCCC1)C(O)C(=O)NN(CC1CC1)c1ccccc1. The number of carbonyl (C=O) groups excluding carboxylic acids is 1. The summed E-state index contributed by atoms with van der Waals surface area (Å²) in [5, 5.41) is 12.3. The van der Waals surface area contributed by atoms with Crippen LogP contribution in [0.1, 0.15) is 51.4 Å². The predicted molar refractivity (Wildman–Crippen MR) is 99.8 cm³/mol. The molecule has 4 N–H and O–H groups in total. The number of carbonyl (C=O) groups is 1. The molecule has 0 aliphatic heterocycles. The summed E-state index contributed by atoms with van der Waals surface area (Å²) < 4.78 is 0. The van der Waals surface area contributed by atoms with E-state index < -0.39 is 18.1 Å². The minimum absolute atomic E-state index is 0.396. The van der Waals surface area contributed by atoms with Crippen molar-refractivity contribution in [3.63, 3.8) is 0 Å². The van der Waals surface area contributed by atoms with Gasteiger partial charge in [0, 0.05) is 12.6 Å². The Morgan fingerprint density at radius 2 is 1.80 bits per heavy atom. The zero-order valence-corrected chi connectivity index (χ0v) is 14.9. The molecule has 3 rings (SSSR count). The number of benzene rings is 1. The Labute approximate surface area is 150 Å². The maximum absolute atomic E-state index is 12.5. The maximum Gasteiger partial charge on any atom is 0.268 e. The van der Waals surface area contributed by atoms with E-state index in [9.17, 15) is 9.90 Å². The van der Waals surface area contributed by atoms with E-state index in [1.165, 1.54) is 44.9 Å². The zero-order chi connectivity index (χ0) is 17.6. The van der Waals surface area contributed by atoms with E-state index in [0.29, 0.717) is 11.8 Å². The van der Waals surface area contributed by atoms with Gasteiger partial charge in [-0.3, -0.25) is 15.2 Å². The Morgan fingerprint density at radius 1 is 1.12 bits per heavy atom. The largest absolute Gasteiger partial charge is 0.382 e. The lowest BCUT2D eigenvalue weighted by atomic mass is 9.84. The second-order valence-corrected chi connectivity index (χ2v) is 7.71. The molecule has 1 aromatic carbocycles. The first-order chi connectivity index (χ1) is 12.1. The van der Waals surface area contributed by atoms with Crippen molar-refractivity contribution < 1.29 is 9.90 Å². The number of nitrogens with zero attached hydrogens (tertiary/aromatic N) is 1. The minimum Gasteiger partial charge on any atom is -0.382 e. The predicted octanol–water partition coefficient (Wildman–Crippen LogP) is 2.59. The number of amides is 1. The number of nitrogens with two attached hydrogens (primary N) is 1. The van der Waals surface area contributed by atoms with Crippen LogP contribution in [-0.2, 0) is 4.79 Å². The molecule has 0 bridgehead atoms. The normalized spacial score (nSPS) is 20.7. The molecule has 2 aliphatic carbocycles. The summed E-state index contributed by atoms with van der Waals surface area (Å²) in [5.41, 5.74) is 9.98. The van der Waals surface area contributed by atoms with Crippen LogP contribution in [0.25, 0.3) is 0 Å². The molecule has 2 fully saturated rings. The molecule has 0 saturated heterocycles. The molecule has 1 aromatic rings. The van der Waals surface area contributed by atoms with Gasteiger partial charge in [0.2, 0.25) is 0 Å². The van der Waals surface area contributed by atoms with Gasteiger partial charge in [-0.15, -0.1) is 0 Å². The van der Waals surface area contributed by atoms with Crippen LogP contribution in [0.5, 0.6) is 0 Å². The highest BCUT2D eigenvalue weighted by Gasteiger charge is 2.30. The molecule has 25 heavy (non-hydrogen) atoms. The van der Waals surface area contributed by atoms with Crippen molar-refractivity contribution >= 4 is 11.6 Å². The van der Waals surface area contributed by atoms with E-state index in [2.05, 4.69) is 5.43 Å². The molecule has 138 valence electrons. The summed E-state index contributed by atoms with van der Waals surface area (Å²) in [6.07, 6.45) is 8.06. The second-order valence-electron chi connectivity index (χ2n) is 7.71. The molecule has 0 heterocycles. The van der Waals surface area contributed by atoms with Crippen LogP contribution in [0.15, 0.2) is 30.3 Å². The lowest BCUT2D eigenvalue weighted by molar-refractivity contribution is -0.130. The highest BCUT2D eigenvalue weighted by atomic mass is 16.3. The highest BCUT2D eigenvalue weighted by Crippen LogP contribution is 2.31. The van der Waals surface area contributed by atoms with Crippen molar-refractivity contribution in [2.75, 3.05) is 11.6 Å². The van der Waals surface area contributed by atoms with E-state index in [0.717, 1.165) is 18.7 Å². The molecule has 5 nitrogen and oxygen atoms in total. The van der Waals surface area contributed by atoms with Crippen LogP contribution in [0.4, 0.5) is 5.69 Å². The summed E-state index contributed by atoms with van der Waals surface area (Å²) in [6, 6.07) is 9.30. The lowest BCUT2D eigenvalue weighted by Crippen LogP contribution is -2.53. The Kier molecular flexibility index (Phi) is 6.32. The average Bonchev–Trinajstić information content (AvgIpc) is 3.46. The van der Waals surface area contributed by atoms with Crippen molar-refractivity contribution in [2.45, 2.75) is 63.5 Å². The van der Waals surface area contributed by atoms with Crippen LogP contribution >= 0.6 is 0 Å². The van der Waals surface area contributed by atoms with E-state index in [-0.39, 0.29) is 0 Å². The number of aliphatic hydroxyl groups excluding tert-OH is 1. The van der Waals surface area contributed by atoms with Gasteiger partial charge in [-0.2, -0.15) is 0 Å². The smallest absolute Gasteiger partial charge is 0.268 e. The lowest BCUT2D eigenvalue weighted by Gasteiger charge is -2.30. The van der Waals surface area contributed by atoms with Crippen molar-refractivity contribution in [1.82, 2.24) is 5.43 Å². The summed E-state index contributed by atoms with van der Waals surface area (Å²) in [4.78, 5) is 12.5. The zero-order valence-electron chi connectivity index (χ0n) is 14.9.